The molecule has 0 aliphatic carbocycles. The van der Waals surface area contributed by atoms with E-state index in [-0.39, 0.29) is 18.2 Å². The number of anilines is 1. The van der Waals surface area contributed by atoms with E-state index in [1.54, 1.807) is 31.9 Å². The van der Waals surface area contributed by atoms with Crippen molar-refractivity contribution in [2.75, 3.05) is 32.6 Å². The summed E-state index contributed by atoms with van der Waals surface area (Å²) < 4.78 is 18.5. The minimum Gasteiger partial charge on any atom is -0.389 e. The van der Waals surface area contributed by atoms with Gasteiger partial charge in [0, 0.05) is 13.7 Å². The fourth-order valence-electron chi connectivity index (χ4n) is 1.89. The first-order valence-corrected chi connectivity index (χ1v) is 6.79. The summed E-state index contributed by atoms with van der Waals surface area (Å²) in [6.07, 6.45) is -0.675. The van der Waals surface area contributed by atoms with Crippen molar-refractivity contribution >= 4 is 11.6 Å². The second-order valence-electron chi connectivity index (χ2n) is 5.20. The number of hydrogen-bond donors (Lipinski definition) is 2. The lowest BCUT2D eigenvalue weighted by molar-refractivity contribution is -0.120. The number of nitrogens with one attached hydrogen (secondary N) is 1. The number of benzene rings is 1. The Labute approximate surface area is 124 Å². The van der Waals surface area contributed by atoms with Gasteiger partial charge in [-0.1, -0.05) is 6.07 Å². The Morgan fingerprint density at radius 3 is 2.76 bits per heavy atom. The van der Waals surface area contributed by atoms with Gasteiger partial charge in [-0.25, -0.2) is 4.39 Å². The third-order valence-corrected chi connectivity index (χ3v) is 3.28. The molecule has 1 aromatic rings. The van der Waals surface area contributed by atoms with Crippen LogP contribution in [0, 0.1) is 12.7 Å². The number of carbonyl (C=O) groups is 1. The molecule has 21 heavy (non-hydrogen) atoms. The second kappa shape index (κ2) is 8.07. The number of aliphatic hydroxyl groups excluding tert-OH is 1. The molecule has 0 saturated carbocycles. The molecule has 2 atom stereocenters. The molecular weight excluding hydrogens is 275 g/mol. The van der Waals surface area contributed by atoms with E-state index in [1.807, 2.05) is 0 Å². The Morgan fingerprint density at radius 2 is 2.19 bits per heavy atom. The minimum absolute atomic E-state index is 0.156. The number of methoxy groups -OCH3 is 1. The average Bonchev–Trinajstić information content (AvgIpc) is 2.41. The first-order valence-electron chi connectivity index (χ1n) is 6.79. The van der Waals surface area contributed by atoms with Gasteiger partial charge in [0.05, 0.1) is 24.4 Å². The van der Waals surface area contributed by atoms with E-state index in [1.165, 1.54) is 19.2 Å². The maximum atomic E-state index is 13.7. The van der Waals surface area contributed by atoms with E-state index in [0.717, 1.165) is 5.56 Å². The molecule has 0 aliphatic heterocycles. The molecule has 5 nitrogen and oxygen atoms in total. The number of nitrogens with zero attached hydrogens (tertiary/aromatic N) is 1. The third-order valence-electron chi connectivity index (χ3n) is 3.28. The van der Waals surface area contributed by atoms with Crippen molar-refractivity contribution in [3.05, 3.63) is 29.6 Å². The normalized spacial score (nSPS) is 14.0. The zero-order chi connectivity index (χ0) is 16.0. The van der Waals surface area contributed by atoms with Gasteiger partial charge in [-0.05, 0) is 38.6 Å². The molecule has 2 N–H and O–H groups in total. The molecule has 1 amide bonds. The van der Waals surface area contributed by atoms with Crippen LogP contribution in [-0.2, 0) is 9.53 Å². The summed E-state index contributed by atoms with van der Waals surface area (Å²) in [4.78, 5) is 13.8. The molecule has 0 radical (unpaired) electrons. The quantitative estimate of drug-likeness (QED) is 0.799. The number of amides is 1. The van der Waals surface area contributed by atoms with E-state index in [9.17, 15) is 14.3 Å². The molecule has 0 heterocycles. The third kappa shape index (κ3) is 5.41. The van der Waals surface area contributed by atoms with Gasteiger partial charge in [0.25, 0.3) is 0 Å². The summed E-state index contributed by atoms with van der Waals surface area (Å²) in [5.74, 6) is -0.789. The smallest absolute Gasteiger partial charge is 0.241 e. The van der Waals surface area contributed by atoms with Gasteiger partial charge in [-0.15, -0.1) is 0 Å². The Kier molecular flexibility index (Phi) is 6.74. The molecule has 0 aromatic heterocycles. The van der Waals surface area contributed by atoms with Gasteiger partial charge in [0.1, 0.15) is 5.82 Å². The number of carbonyl (C=O) groups excluding carboxylic acids is 1. The van der Waals surface area contributed by atoms with Crippen LogP contribution >= 0.6 is 0 Å². The highest BCUT2D eigenvalue weighted by Gasteiger charge is 2.21. The first-order chi connectivity index (χ1) is 9.85. The van der Waals surface area contributed by atoms with E-state index in [2.05, 4.69) is 5.32 Å². The lowest BCUT2D eigenvalue weighted by Gasteiger charge is -2.26. The molecule has 0 unspecified atom stereocenters. The molecule has 0 spiro atoms. The van der Waals surface area contributed by atoms with E-state index < -0.39 is 18.0 Å². The molecule has 0 aliphatic rings. The molecule has 0 saturated heterocycles. The van der Waals surface area contributed by atoms with Gasteiger partial charge >= 0.3 is 0 Å². The van der Waals surface area contributed by atoms with Gasteiger partial charge in [-0.2, -0.15) is 0 Å². The SMILES string of the molecule is COC[C@H](O)CN(C)[C@@H](C)C(=O)Nc1ccc(C)cc1F. The van der Waals surface area contributed by atoms with Crippen LogP contribution in [0.4, 0.5) is 10.1 Å². The van der Waals surface area contributed by atoms with Crippen molar-refractivity contribution in [1.29, 1.82) is 0 Å². The first kappa shape index (κ1) is 17.6. The van der Waals surface area contributed by atoms with E-state index in [0.29, 0.717) is 6.54 Å². The number of aliphatic hydroxyl groups is 1. The summed E-state index contributed by atoms with van der Waals surface area (Å²) in [5.41, 5.74) is 0.946. The van der Waals surface area contributed by atoms with E-state index in [4.69, 9.17) is 4.74 Å². The fraction of sp³-hybridized carbons (Fsp3) is 0.533. The Balaban J connectivity index is 2.61. The molecule has 0 fully saturated rings. The van der Waals surface area contributed by atoms with Crippen LogP contribution in [0.15, 0.2) is 18.2 Å². The van der Waals surface area contributed by atoms with Crippen molar-refractivity contribution in [3.8, 4) is 0 Å². The summed E-state index contributed by atoms with van der Waals surface area (Å²) in [6, 6.07) is 4.13. The van der Waals surface area contributed by atoms with Crippen molar-refractivity contribution in [3.63, 3.8) is 0 Å². The number of likely N-dealkylation sites (N-methyl/N-ethyl adjacent to an activating group) is 1. The predicted octanol–water partition coefficient (Wildman–Crippen LogP) is 1.40. The molecule has 6 heteroatoms. The van der Waals surface area contributed by atoms with Crippen LogP contribution < -0.4 is 5.32 Å². The number of ether oxygens (including phenoxy) is 1. The molecule has 1 aromatic carbocycles. The lowest BCUT2D eigenvalue weighted by Crippen LogP contribution is -2.44. The van der Waals surface area contributed by atoms with Crippen LogP contribution in [0.3, 0.4) is 0 Å². The van der Waals surface area contributed by atoms with Crippen molar-refractivity contribution in [2.45, 2.75) is 26.0 Å². The highest BCUT2D eigenvalue weighted by atomic mass is 19.1. The van der Waals surface area contributed by atoms with Crippen LogP contribution in [0.5, 0.6) is 0 Å². The largest absolute Gasteiger partial charge is 0.389 e. The summed E-state index contributed by atoms with van der Waals surface area (Å²) in [5, 5.41) is 12.2. The van der Waals surface area contributed by atoms with Gasteiger partial charge < -0.3 is 15.2 Å². The zero-order valence-electron chi connectivity index (χ0n) is 12.9. The molecular formula is C15H23FN2O3. The van der Waals surface area contributed by atoms with Gasteiger partial charge in [0.15, 0.2) is 0 Å². The van der Waals surface area contributed by atoms with Gasteiger partial charge in [0.2, 0.25) is 5.91 Å². The maximum Gasteiger partial charge on any atom is 0.241 e. The average molecular weight is 298 g/mol. The van der Waals surface area contributed by atoms with Crippen molar-refractivity contribution in [1.82, 2.24) is 4.90 Å². The zero-order valence-corrected chi connectivity index (χ0v) is 12.9. The number of halogens is 1. The second-order valence-corrected chi connectivity index (χ2v) is 5.20. The topological polar surface area (TPSA) is 61.8 Å². The summed E-state index contributed by atoms with van der Waals surface area (Å²) in [7, 11) is 3.22. The molecule has 0 bridgehead atoms. The van der Waals surface area contributed by atoms with Crippen LogP contribution in [0.2, 0.25) is 0 Å². The Morgan fingerprint density at radius 1 is 1.52 bits per heavy atom. The number of aryl methyl sites for hydroxylation is 1. The van der Waals surface area contributed by atoms with Crippen LogP contribution in [0.1, 0.15) is 12.5 Å². The minimum atomic E-state index is -0.675. The number of rotatable bonds is 7. The summed E-state index contributed by atoms with van der Waals surface area (Å²) >= 11 is 0. The standard InChI is InChI=1S/C15H23FN2O3/c1-10-5-6-14(13(16)7-10)17-15(20)11(2)18(3)8-12(19)9-21-4/h5-7,11-12,19H,8-9H2,1-4H3,(H,17,20)/t11-,12+/m0/s1. The Bertz CT molecular complexity index is 482. The predicted molar refractivity (Wildman–Crippen MR) is 79.7 cm³/mol. The van der Waals surface area contributed by atoms with Gasteiger partial charge in [-0.3, -0.25) is 9.69 Å². The maximum absolute atomic E-state index is 13.7. The Hall–Kier alpha value is -1.50. The van der Waals surface area contributed by atoms with Crippen LogP contribution in [-0.4, -0.2) is 55.4 Å². The number of hydrogen-bond acceptors (Lipinski definition) is 4. The highest BCUT2D eigenvalue weighted by Crippen LogP contribution is 2.16. The van der Waals surface area contributed by atoms with Crippen LogP contribution in [0.25, 0.3) is 0 Å². The summed E-state index contributed by atoms with van der Waals surface area (Å²) in [6.45, 7) is 3.97. The monoisotopic (exact) mass is 298 g/mol. The van der Waals surface area contributed by atoms with Crippen molar-refractivity contribution in [2.24, 2.45) is 0 Å². The lowest BCUT2D eigenvalue weighted by atomic mass is 10.2. The van der Waals surface area contributed by atoms with E-state index >= 15 is 0 Å². The molecule has 1 rings (SSSR count). The fourth-order valence-corrected chi connectivity index (χ4v) is 1.89. The highest BCUT2D eigenvalue weighted by molar-refractivity contribution is 5.94. The molecule has 118 valence electrons. The van der Waals surface area contributed by atoms with Crippen molar-refractivity contribution < 1.29 is 19.0 Å².